The normalized spacial score (nSPS) is 31.5. The molecule has 0 aromatic heterocycles. The molecule has 0 amide bonds. The maximum absolute atomic E-state index is 5.09. The molecule has 0 spiro atoms. The van der Waals surface area contributed by atoms with Crippen LogP contribution in [0, 0.1) is 11.8 Å². The predicted octanol–water partition coefficient (Wildman–Crippen LogP) is 2.19. The Morgan fingerprint density at radius 1 is 1.14 bits per heavy atom. The van der Waals surface area contributed by atoms with Crippen molar-refractivity contribution in [2.24, 2.45) is 11.8 Å². The average Bonchev–Trinajstić information content (AvgIpc) is 2.94. The molecule has 2 saturated carbocycles. The summed E-state index contributed by atoms with van der Waals surface area (Å²) in [5.41, 5.74) is 0. The van der Waals surface area contributed by atoms with E-state index in [1.807, 2.05) is 0 Å². The third kappa shape index (κ3) is 2.96. The van der Waals surface area contributed by atoms with E-state index >= 15 is 0 Å². The molecule has 2 nitrogen and oxygen atoms in total. The van der Waals surface area contributed by atoms with E-state index in [0.717, 1.165) is 24.5 Å². The second kappa shape index (κ2) is 5.13. The summed E-state index contributed by atoms with van der Waals surface area (Å²) in [6.07, 6.45) is 8.38. The van der Waals surface area contributed by atoms with Gasteiger partial charge in [-0.1, -0.05) is 0 Å². The molecule has 2 atom stereocenters. The fourth-order valence-corrected chi connectivity index (χ4v) is 2.38. The minimum absolute atomic E-state index is 0.884. The summed E-state index contributed by atoms with van der Waals surface area (Å²) in [7, 11) is 1.80. The number of hydrogen-bond donors (Lipinski definition) is 1. The van der Waals surface area contributed by atoms with E-state index < -0.39 is 0 Å². The van der Waals surface area contributed by atoms with Crippen LogP contribution in [0.15, 0.2) is 0 Å². The Labute approximate surface area is 87.4 Å². The SMILES string of the molecule is COCCCC1CCC1CNC1CC1. The Bertz CT molecular complexity index is 168. The standard InChI is InChI=1S/C12H23NO/c1-14-8-2-3-10-4-5-11(10)9-13-12-6-7-12/h10-13H,2-9H2,1H3. The first-order valence-electron chi connectivity index (χ1n) is 6.12. The van der Waals surface area contributed by atoms with Crippen molar-refractivity contribution in [3.63, 3.8) is 0 Å². The van der Waals surface area contributed by atoms with Crippen molar-refractivity contribution in [3.8, 4) is 0 Å². The van der Waals surface area contributed by atoms with Crippen LogP contribution < -0.4 is 5.32 Å². The third-order valence-corrected chi connectivity index (χ3v) is 3.74. The van der Waals surface area contributed by atoms with Crippen LogP contribution in [-0.2, 0) is 4.74 Å². The van der Waals surface area contributed by atoms with Crippen LogP contribution in [0.3, 0.4) is 0 Å². The highest BCUT2D eigenvalue weighted by atomic mass is 16.5. The first-order chi connectivity index (χ1) is 6.90. The van der Waals surface area contributed by atoms with Gasteiger partial charge in [0.25, 0.3) is 0 Å². The van der Waals surface area contributed by atoms with Crippen LogP contribution in [0.25, 0.3) is 0 Å². The molecule has 2 fully saturated rings. The van der Waals surface area contributed by atoms with Gasteiger partial charge < -0.3 is 10.1 Å². The number of methoxy groups -OCH3 is 1. The van der Waals surface area contributed by atoms with Crippen LogP contribution in [0.4, 0.5) is 0 Å². The Balaban J connectivity index is 1.53. The van der Waals surface area contributed by atoms with E-state index in [9.17, 15) is 0 Å². The van der Waals surface area contributed by atoms with Crippen LogP contribution in [-0.4, -0.2) is 26.3 Å². The van der Waals surface area contributed by atoms with Gasteiger partial charge in [-0.05, 0) is 56.9 Å². The lowest BCUT2D eigenvalue weighted by Crippen LogP contribution is -2.36. The first-order valence-corrected chi connectivity index (χ1v) is 6.12. The van der Waals surface area contributed by atoms with Gasteiger partial charge in [0.15, 0.2) is 0 Å². The molecule has 1 N–H and O–H groups in total. The van der Waals surface area contributed by atoms with Gasteiger partial charge in [0.05, 0.1) is 0 Å². The maximum Gasteiger partial charge on any atom is 0.0462 e. The van der Waals surface area contributed by atoms with Crippen LogP contribution in [0.2, 0.25) is 0 Å². The Morgan fingerprint density at radius 3 is 2.50 bits per heavy atom. The van der Waals surface area contributed by atoms with Crippen molar-refractivity contribution >= 4 is 0 Å². The number of rotatable bonds is 7. The van der Waals surface area contributed by atoms with Crippen molar-refractivity contribution in [1.29, 1.82) is 0 Å². The van der Waals surface area contributed by atoms with Gasteiger partial charge in [0, 0.05) is 19.8 Å². The largest absolute Gasteiger partial charge is 0.385 e. The second-order valence-corrected chi connectivity index (χ2v) is 4.92. The number of nitrogens with one attached hydrogen (secondary N) is 1. The van der Waals surface area contributed by atoms with E-state index in [1.165, 1.54) is 45.1 Å². The molecular weight excluding hydrogens is 174 g/mol. The van der Waals surface area contributed by atoms with Crippen molar-refractivity contribution in [3.05, 3.63) is 0 Å². The second-order valence-electron chi connectivity index (χ2n) is 4.92. The van der Waals surface area contributed by atoms with E-state index in [-0.39, 0.29) is 0 Å². The molecule has 0 saturated heterocycles. The molecule has 0 aliphatic heterocycles. The number of ether oxygens (including phenoxy) is 1. The molecule has 0 aromatic carbocycles. The lowest BCUT2D eigenvalue weighted by atomic mass is 9.71. The summed E-state index contributed by atoms with van der Waals surface area (Å²) in [6, 6.07) is 0.884. The van der Waals surface area contributed by atoms with Crippen molar-refractivity contribution in [2.45, 2.75) is 44.6 Å². The minimum atomic E-state index is 0.884. The maximum atomic E-state index is 5.09. The van der Waals surface area contributed by atoms with E-state index in [2.05, 4.69) is 5.32 Å². The van der Waals surface area contributed by atoms with Crippen molar-refractivity contribution in [2.75, 3.05) is 20.3 Å². The van der Waals surface area contributed by atoms with Gasteiger partial charge in [0.1, 0.15) is 0 Å². The molecule has 2 rings (SSSR count). The average molecular weight is 197 g/mol. The third-order valence-electron chi connectivity index (χ3n) is 3.74. The van der Waals surface area contributed by atoms with Gasteiger partial charge >= 0.3 is 0 Å². The minimum Gasteiger partial charge on any atom is -0.385 e. The molecule has 0 radical (unpaired) electrons. The molecule has 2 unspecified atom stereocenters. The summed E-state index contributed by atoms with van der Waals surface area (Å²) < 4.78 is 5.09. The lowest BCUT2D eigenvalue weighted by Gasteiger charge is -2.37. The molecule has 2 heteroatoms. The summed E-state index contributed by atoms with van der Waals surface area (Å²) in [5, 5.41) is 3.65. The summed E-state index contributed by atoms with van der Waals surface area (Å²) in [5.74, 6) is 1.98. The fourth-order valence-electron chi connectivity index (χ4n) is 2.38. The molecule has 2 aliphatic rings. The molecule has 0 bridgehead atoms. The zero-order chi connectivity index (χ0) is 9.80. The van der Waals surface area contributed by atoms with Gasteiger partial charge in [-0.3, -0.25) is 0 Å². The van der Waals surface area contributed by atoms with Crippen LogP contribution >= 0.6 is 0 Å². The fraction of sp³-hybridized carbons (Fsp3) is 1.00. The smallest absolute Gasteiger partial charge is 0.0462 e. The van der Waals surface area contributed by atoms with Crippen LogP contribution in [0.5, 0.6) is 0 Å². The van der Waals surface area contributed by atoms with Gasteiger partial charge in [0.2, 0.25) is 0 Å². The van der Waals surface area contributed by atoms with Gasteiger partial charge in [-0.2, -0.15) is 0 Å². The molecule has 0 aromatic rings. The number of hydrogen-bond acceptors (Lipinski definition) is 2. The zero-order valence-electron chi connectivity index (χ0n) is 9.30. The molecule has 2 aliphatic carbocycles. The van der Waals surface area contributed by atoms with E-state index in [4.69, 9.17) is 4.74 Å². The molecule has 14 heavy (non-hydrogen) atoms. The van der Waals surface area contributed by atoms with E-state index in [1.54, 1.807) is 7.11 Å². The van der Waals surface area contributed by atoms with Gasteiger partial charge in [-0.15, -0.1) is 0 Å². The van der Waals surface area contributed by atoms with E-state index in [0.29, 0.717) is 0 Å². The van der Waals surface area contributed by atoms with Crippen molar-refractivity contribution < 1.29 is 4.74 Å². The summed E-state index contributed by atoms with van der Waals surface area (Å²) in [4.78, 5) is 0. The molecular formula is C12H23NO. The highest BCUT2D eigenvalue weighted by molar-refractivity contribution is 4.87. The van der Waals surface area contributed by atoms with Gasteiger partial charge in [-0.25, -0.2) is 0 Å². The highest BCUT2D eigenvalue weighted by Crippen LogP contribution is 2.37. The summed E-state index contributed by atoms with van der Waals surface area (Å²) in [6.45, 7) is 2.22. The monoisotopic (exact) mass is 197 g/mol. The predicted molar refractivity (Wildman–Crippen MR) is 58.3 cm³/mol. The molecule has 0 heterocycles. The summed E-state index contributed by atoms with van der Waals surface area (Å²) >= 11 is 0. The highest BCUT2D eigenvalue weighted by Gasteiger charge is 2.31. The van der Waals surface area contributed by atoms with Crippen molar-refractivity contribution in [1.82, 2.24) is 5.32 Å². The Morgan fingerprint density at radius 2 is 1.93 bits per heavy atom. The topological polar surface area (TPSA) is 21.3 Å². The zero-order valence-corrected chi connectivity index (χ0v) is 9.30. The van der Waals surface area contributed by atoms with Crippen LogP contribution in [0.1, 0.15) is 38.5 Å². The quantitative estimate of drug-likeness (QED) is 0.632. The Hall–Kier alpha value is -0.0800. The Kier molecular flexibility index (Phi) is 3.82. The lowest BCUT2D eigenvalue weighted by molar-refractivity contribution is 0.131. The molecule has 82 valence electrons. The first kappa shape index (κ1) is 10.4.